The molecule has 1 aliphatic carbocycles. The summed E-state index contributed by atoms with van der Waals surface area (Å²) in [6.45, 7) is 0. The molecule has 0 aromatic heterocycles. The Hall–Kier alpha value is -0.921. The van der Waals surface area contributed by atoms with Gasteiger partial charge in [-0.15, -0.1) is 0 Å². The van der Waals surface area contributed by atoms with Crippen molar-refractivity contribution in [3.05, 3.63) is 35.9 Å². The fourth-order valence-corrected chi connectivity index (χ4v) is 4.84. The molecular formula is C13H13NOSe. The first-order valence-corrected chi connectivity index (χ1v) is 7.50. The van der Waals surface area contributed by atoms with Gasteiger partial charge in [-0.2, -0.15) is 0 Å². The molecule has 1 saturated carbocycles. The first-order chi connectivity index (χ1) is 7.83. The van der Waals surface area contributed by atoms with Gasteiger partial charge in [0.25, 0.3) is 0 Å². The number of amides is 1. The second-order valence-corrected chi connectivity index (χ2v) is 6.91. The van der Waals surface area contributed by atoms with Crippen LogP contribution < -0.4 is 0 Å². The van der Waals surface area contributed by atoms with Crippen molar-refractivity contribution >= 4 is 25.5 Å². The molecule has 3 heteroatoms. The molecule has 0 bridgehead atoms. The van der Waals surface area contributed by atoms with Gasteiger partial charge in [0.1, 0.15) is 0 Å². The molecule has 1 heterocycles. The summed E-state index contributed by atoms with van der Waals surface area (Å²) in [5.41, 5.74) is 1.31. The predicted molar refractivity (Wildman–Crippen MR) is 64.7 cm³/mol. The number of hydrogen-bond acceptors (Lipinski definition) is 1. The van der Waals surface area contributed by atoms with E-state index >= 15 is 0 Å². The van der Waals surface area contributed by atoms with Crippen molar-refractivity contribution in [1.29, 1.82) is 0 Å². The SMILES string of the molecule is O=C1C[C@H](c2ccccc2)[Se]C(C2CC2)=N1. The van der Waals surface area contributed by atoms with E-state index in [4.69, 9.17) is 0 Å². The quantitative estimate of drug-likeness (QED) is 0.762. The number of rotatable bonds is 2. The van der Waals surface area contributed by atoms with Gasteiger partial charge in [0.2, 0.25) is 0 Å². The summed E-state index contributed by atoms with van der Waals surface area (Å²) in [4.78, 5) is 16.3. The number of aliphatic imine (C=N–C) groups is 1. The van der Waals surface area contributed by atoms with E-state index in [0.717, 1.165) is 0 Å². The van der Waals surface area contributed by atoms with E-state index in [-0.39, 0.29) is 5.91 Å². The molecule has 0 unspecified atom stereocenters. The molecule has 2 nitrogen and oxygen atoms in total. The van der Waals surface area contributed by atoms with Crippen LogP contribution in [0, 0.1) is 5.92 Å². The summed E-state index contributed by atoms with van der Waals surface area (Å²) in [5.74, 6) is 0.736. The van der Waals surface area contributed by atoms with E-state index in [1.165, 1.54) is 23.0 Å². The summed E-state index contributed by atoms with van der Waals surface area (Å²) in [7, 11) is 0. The summed E-state index contributed by atoms with van der Waals surface area (Å²) in [6.07, 6.45) is 3.10. The molecule has 82 valence electrons. The van der Waals surface area contributed by atoms with Gasteiger partial charge in [-0.1, -0.05) is 0 Å². The Morgan fingerprint density at radius 1 is 1.19 bits per heavy atom. The van der Waals surface area contributed by atoms with Gasteiger partial charge in [0.05, 0.1) is 0 Å². The molecule has 16 heavy (non-hydrogen) atoms. The van der Waals surface area contributed by atoms with Gasteiger partial charge in [-0.25, -0.2) is 0 Å². The third-order valence-corrected chi connectivity index (χ3v) is 5.87. The number of hydrogen-bond donors (Lipinski definition) is 0. The van der Waals surface area contributed by atoms with Crippen LogP contribution in [0.15, 0.2) is 35.3 Å². The minimum absolute atomic E-state index is 0.0869. The summed E-state index contributed by atoms with van der Waals surface area (Å²) >= 11 is 0.385. The predicted octanol–water partition coefficient (Wildman–Crippen LogP) is 2.17. The molecule has 0 radical (unpaired) electrons. The third kappa shape index (κ3) is 2.11. The molecule has 0 saturated heterocycles. The van der Waals surface area contributed by atoms with Crippen LogP contribution in [0.4, 0.5) is 0 Å². The molecule has 1 aromatic rings. The van der Waals surface area contributed by atoms with E-state index in [2.05, 4.69) is 29.3 Å². The molecule has 1 aromatic carbocycles. The molecule has 0 spiro atoms. The first kappa shape index (κ1) is 10.2. The van der Waals surface area contributed by atoms with Crippen LogP contribution >= 0.6 is 0 Å². The van der Waals surface area contributed by atoms with Gasteiger partial charge in [0, 0.05) is 0 Å². The topological polar surface area (TPSA) is 29.4 Å². The zero-order valence-corrected chi connectivity index (χ0v) is 10.6. The van der Waals surface area contributed by atoms with Crippen molar-refractivity contribution < 1.29 is 4.79 Å². The van der Waals surface area contributed by atoms with E-state index < -0.39 is 0 Å². The van der Waals surface area contributed by atoms with Crippen molar-refractivity contribution in [2.45, 2.75) is 24.1 Å². The third-order valence-electron chi connectivity index (χ3n) is 2.96. The standard InChI is InChI=1S/C13H13NOSe/c15-12-8-11(9-4-2-1-3-5-9)16-13(14-12)10-6-7-10/h1-5,10-11H,6-8H2/t11-/m1/s1. The van der Waals surface area contributed by atoms with E-state index in [1.54, 1.807) is 0 Å². The molecule has 1 amide bonds. The monoisotopic (exact) mass is 279 g/mol. The van der Waals surface area contributed by atoms with Crippen LogP contribution in [0.3, 0.4) is 0 Å². The van der Waals surface area contributed by atoms with Crippen molar-refractivity contribution in [2.24, 2.45) is 10.9 Å². The normalized spacial score (nSPS) is 25.4. The van der Waals surface area contributed by atoms with Gasteiger partial charge in [-0.3, -0.25) is 0 Å². The van der Waals surface area contributed by atoms with E-state index in [1.807, 2.05) is 6.07 Å². The fraction of sp³-hybridized carbons (Fsp3) is 0.385. The zero-order valence-electron chi connectivity index (χ0n) is 8.93. The van der Waals surface area contributed by atoms with Crippen LogP contribution in [-0.2, 0) is 4.79 Å². The zero-order chi connectivity index (χ0) is 11.0. The van der Waals surface area contributed by atoms with Crippen molar-refractivity contribution in [1.82, 2.24) is 0 Å². The molecule has 0 N–H and O–H groups in total. The number of nitrogens with zero attached hydrogens (tertiary/aromatic N) is 1. The van der Waals surface area contributed by atoms with Crippen LogP contribution in [0.2, 0.25) is 0 Å². The van der Waals surface area contributed by atoms with Crippen LogP contribution in [0.25, 0.3) is 0 Å². The van der Waals surface area contributed by atoms with E-state index in [0.29, 0.717) is 32.1 Å². The Labute approximate surface area is 101 Å². The maximum atomic E-state index is 11.6. The van der Waals surface area contributed by atoms with Crippen molar-refractivity contribution in [3.8, 4) is 0 Å². The number of carbonyl (C=O) groups excluding carboxylic acids is 1. The Balaban J connectivity index is 1.83. The second-order valence-electron chi connectivity index (χ2n) is 4.34. The van der Waals surface area contributed by atoms with Gasteiger partial charge >= 0.3 is 101 Å². The van der Waals surface area contributed by atoms with Crippen molar-refractivity contribution in [3.63, 3.8) is 0 Å². The molecule has 1 aliphatic heterocycles. The fourth-order valence-electron chi connectivity index (χ4n) is 1.91. The molecule has 3 rings (SSSR count). The second kappa shape index (κ2) is 4.15. The Morgan fingerprint density at radius 2 is 1.94 bits per heavy atom. The van der Waals surface area contributed by atoms with E-state index in [9.17, 15) is 4.79 Å². The average Bonchev–Trinajstić information content (AvgIpc) is 3.13. The number of benzene rings is 1. The number of carbonyl (C=O) groups is 1. The Morgan fingerprint density at radius 3 is 2.62 bits per heavy atom. The van der Waals surface area contributed by atoms with Crippen LogP contribution in [0.1, 0.15) is 29.6 Å². The van der Waals surface area contributed by atoms with Crippen LogP contribution in [0.5, 0.6) is 0 Å². The molecule has 1 fully saturated rings. The first-order valence-electron chi connectivity index (χ1n) is 5.66. The van der Waals surface area contributed by atoms with Gasteiger partial charge in [0.15, 0.2) is 0 Å². The Kier molecular flexibility index (Phi) is 2.66. The maximum absolute atomic E-state index is 11.6. The Bertz CT molecular complexity index is 437. The molecular weight excluding hydrogens is 265 g/mol. The molecule has 2 aliphatic rings. The average molecular weight is 278 g/mol. The summed E-state index contributed by atoms with van der Waals surface area (Å²) < 4.78 is 1.22. The van der Waals surface area contributed by atoms with Crippen molar-refractivity contribution in [2.75, 3.05) is 0 Å². The summed E-state index contributed by atoms with van der Waals surface area (Å²) in [5, 5.41) is 0. The summed E-state index contributed by atoms with van der Waals surface area (Å²) in [6, 6.07) is 10.4. The molecule has 1 atom stereocenters. The minimum atomic E-state index is 0.0869. The van der Waals surface area contributed by atoms with Gasteiger partial charge in [-0.05, 0) is 0 Å². The van der Waals surface area contributed by atoms with Crippen LogP contribution in [-0.4, -0.2) is 25.5 Å². The van der Waals surface area contributed by atoms with Gasteiger partial charge < -0.3 is 0 Å².